The minimum atomic E-state index is -0.674. The fourth-order valence-corrected chi connectivity index (χ4v) is 5.20. The summed E-state index contributed by atoms with van der Waals surface area (Å²) in [7, 11) is 2.01. The normalized spacial score (nSPS) is 19.1. The Morgan fingerprint density at radius 3 is 2.70 bits per heavy atom. The summed E-state index contributed by atoms with van der Waals surface area (Å²) in [6.45, 7) is 3.49. The number of carbonyl (C=O) groups is 4. The van der Waals surface area contributed by atoms with E-state index in [9.17, 15) is 19.2 Å². The van der Waals surface area contributed by atoms with Crippen LogP contribution in [0.15, 0.2) is 42.6 Å². The highest BCUT2D eigenvalue weighted by atomic mass is 16.2. The average Bonchev–Trinajstić information content (AvgIpc) is 3.49. The van der Waals surface area contributed by atoms with Crippen LogP contribution in [0.4, 0.5) is 11.4 Å². The van der Waals surface area contributed by atoms with E-state index < -0.39 is 11.9 Å². The first-order valence-electron chi connectivity index (χ1n) is 12.1. The Morgan fingerprint density at radius 2 is 1.89 bits per heavy atom. The first kappa shape index (κ1) is 22.9. The van der Waals surface area contributed by atoms with E-state index in [2.05, 4.69) is 20.5 Å². The molecule has 2 aromatic carbocycles. The maximum atomic E-state index is 13.4. The molecule has 1 aromatic heterocycles. The van der Waals surface area contributed by atoms with Crippen LogP contribution >= 0.6 is 0 Å². The maximum absolute atomic E-state index is 13.4. The van der Waals surface area contributed by atoms with Crippen molar-refractivity contribution in [2.24, 2.45) is 0 Å². The Kier molecular flexibility index (Phi) is 5.28. The van der Waals surface area contributed by atoms with Gasteiger partial charge in [-0.05, 0) is 54.8 Å². The number of amides is 4. The number of nitrogens with one attached hydrogen (secondary N) is 1. The third-order valence-corrected chi connectivity index (χ3v) is 7.22. The maximum Gasteiger partial charge on any atom is 0.280 e. The Morgan fingerprint density at radius 1 is 1.05 bits per heavy atom. The SMILES string of the molecule is Cc1ccc2c(c1)N(C(=O)c1cn(-c3ccc4c(c3)CN(C3CCC(=O)NC3=O)C4=O)nn1)CCN2C. The number of imide groups is 1. The molecule has 1 atom stereocenters. The number of benzene rings is 2. The number of aromatic nitrogens is 3. The van der Waals surface area contributed by atoms with Crippen molar-refractivity contribution in [2.75, 3.05) is 29.9 Å². The Balaban J connectivity index is 1.24. The van der Waals surface area contributed by atoms with Crippen LogP contribution in [-0.2, 0) is 16.1 Å². The minimum absolute atomic E-state index is 0.203. The van der Waals surface area contributed by atoms with Gasteiger partial charge in [-0.1, -0.05) is 11.3 Å². The molecule has 3 aliphatic heterocycles. The molecule has 188 valence electrons. The van der Waals surface area contributed by atoms with E-state index in [1.807, 2.05) is 38.2 Å². The number of carbonyl (C=O) groups excluding carboxylic acids is 4. The zero-order chi connectivity index (χ0) is 25.8. The van der Waals surface area contributed by atoms with E-state index in [0.29, 0.717) is 30.8 Å². The van der Waals surface area contributed by atoms with Gasteiger partial charge in [0.25, 0.3) is 11.8 Å². The highest BCUT2D eigenvalue weighted by Crippen LogP contribution is 2.34. The molecule has 0 spiro atoms. The molecular weight excluding hydrogens is 474 g/mol. The van der Waals surface area contributed by atoms with Crippen LogP contribution in [-0.4, -0.2) is 69.7 Å². The van der Waals surface area contributed by atoms with E-state index in [1.165, 1.54) is 9.58 Å². The largest absolute Gasteiger partial charge is 0.371 e. The molecule has 1 saturated heterocycles. The van der Waals surface area contributed by atoms with Gasteiger partial charge >= 0.3 is 0 Å². The zero-order valence-corrected chi connectivity index (χ0v) is 20.5. The molecule has 1 N–H and O–H groups in total. The van der Waals surface area contributed by atoms with Gasteiger partial charge in [0.15, 0.2) is 5.69 Å². The number of fused-ring (bicyclic) bond motifs is 2. The van der Waals surface area contributed by atoms with Crippen molar-refractivity contribution in [3.8, 4) is 5.69 Å². The van der Waals surface area contributed by atoms with Gasteiger partial charge < -0.3 is 14.7 Å². The van der Waals surface area contributed by atoms with Crippen LogP contribution in [0.5, 0.6) is 0 Å². The molecule has 4 amide bonds. The van der Waals surface area contributed by atoms with Crippen LogP contribution in [0.3, 0.4) is 0 Å². The van der Waals surface area contributed by atoms with Crippen molar-refractivity contribution in [3.05, 3.63) is 65.0 Å². The number of nitrogens with zero attached hydrogens (tertiary/aromatic N) is 6. The summed E-state index contributed by atoms with van der Waals surface area (Å²) in [6.07, 6.45) is 2.10. The topological polar surface area (TPSA) is 121 Å². The summed E-state index contributed by atoms with van der Waals surface area (Å²) in [5.74, 6) is -1.24. The van der Waals surface area contributed by atoms with Crippen LogP contribution in [0.25, 0.3) is 5.69 Å². The van der Waals surface area contributed by atoms with E-state index in [4.69, 9.17) is 0 Å². The molecule has 4 heterocycles. The van der Waals surface area contributed by atoms with Crippen LogP contribution in [0.2, 0.25) is 0 Å². The van der Waals surface area contributed by atoms with Gasteiger partial charge in [0.1, 0.15) is 6.04 Å². The third-order valence-electron chi connectivity index (χ3n) is 7.22. The Hall–Kier alpha value is -4.54. The fourth-order valence-electron chi connectivity index (χ4n) is 5.20. The lowest BCUT2D eigenvalue weighted by molar-refractivity contribution is -0.136. The summed E-state index contributed by atoms with van der Waals surface area (Å²) in [5, 5.41) is 10.6. The summed E-state index contributed by atoms with van der Waals surface area (Å²) in [6, 6.07) is 10.6. The number of piperidine rings is 1. The van der Waals surface area contributed by atoms with Crippen LogP contribution in [0.1, 0.15) is 44.8 Å². The second-order valence-corrected chi connectivity index (χ2v) is 9.66. The molecule has 0 radical (unpaired) electrons. The second kappa shape index (κ2) is 8.54. The number of hydrogen-bond acceptors (Lipinski definition) is 7. The van der Waals surface area contributed by atoms with Crippen molar-refractivity contribution in [2.45, 2.75) is 32.4 Å². The van der Waals surface area contributed by atoms with Gasteiger partial charge in [0.2, 0.25) is 11.8 Å². The third kappa shape index (κ3) is 3.83. The van der Waals surface area contributed by atoms with Crippen LogP contribution < -0.4 is 15.1 Å². The summed E-state index contributed by atoms with van der Waals surface area (Å²) in [4.78, 5) is 55.5. The summed E-state index contributed by atoms with van der Waals surface area (Å²) in [5.41, 5.74) is 5.03. The molecular formula is C26H25N7O4. The highest BCUT2D eigenvalue weighted by Gasteiger charge is 2.39. The van der Waals surface area contributed by atoms with Gasteiger partial charge in [-0.25, -0.2) is 4.68 Å². The molecule has 0 aliphatic carbocycles. The molecule has 6 rings (SSSR count). The van der Waals surface area contributed by atoms with Crippen molar-refractivity contribution in [3.63, 3.8) is 0 Å². The number of rotatable bonds is 3. The Labute approximate surface area is 212 Å². The lowest BCUT2D eigenvalue weighted by atomic mass is 10.0. The molecule has 1 fully saturated rings. The predicted octanol–water partition coefficient (Wildman–Crippen LogP) is 1.43. The summed E-state index contributed by atoms with van der Waals surface area (Å²) >= 11 is 0. The number of hydrogen-bond donors (Lipinski definition) is 1. The van der Waals surface area contributed by atoms with Gasteiger partial charge in [0.05, 0.1) is 23.3 Å². The highest BCUT2D eigenvalue weighted by molar-refractivity contribution is 6.07. The molecule has 0 saturated carbocycles. The molecule has 3 aromatic rings. The minimum Gasteiger partial charge on any atom is -0.371 e. The first-order valence-corrected chi connectivity index (χ1v) is 12.1. The molecule has 3 aliphatic rings. The molecule has 11 heteroatoms. The van der Waals surface area contributed by atoms with Gasteiger partial charge in [-0.2, -0.15) is 0 Å². The summed E-state index contributed by atoms with van der Waals surface area (Å²) < 4.78 is 1.51. The van der Waals surface area contributed by atoms with E-state index >= 15 is 0 Å². The van der Waals surface area contributed by atoms with E-state index in [-0.39, 0.29) is 36.4 Å². The lowest BCUT2D eigenvalue weighted by Gasteiger charge is -2.35. The predicted molar refractivity (Wildman–Crippen MR) is 134 cm³/mol. The van der Waals surface area contributed by atoms with Gasteiger partial charge in [-0.15, -0.1) is 5.10 Å². The fraction of sp³-hybridized carbons (Fsp3) is 0.308. The lowest BCUT2D eigenvalue weighted by Crippen LogP contribution is -2.52. The van der Waals surface area contributed by atoms with Crippen molar-refractivity contribution in [1.82, 2.24) is 25.2 Å². The van der Waals surface area contributed by atoms with E-state index in [0.717, 1.165) is 22.5 Å². The quantitative estimate of drug-likeness (QED) is 0.541. The van der Waals surface area contributed by atoms with Crippen molar-refractivity contribution in [1.29, 1.82) is 0 Å². The number of likely N-dealkylation sites (N-methyl/N-ethyl adjacent to an activating group) is 1. The van der Waals surface area contributed by atoms with Crippen LogP contribution in [0, 0.1) is 6.92 Å². The molecule has 11 nitrogen and oxygen atoms in total. The second-order valence-electron chi connectivity index (χ2n) is 9.66. The molecule has 0 bridgehead atoms. The first-order chi connectivity index (χ1) is 17.8. The number of aryl methyl sites for hydroxylation is 1. The smallest absolute Gasteiger partial charge is 0.280 e. The number of anilines is 2. The van der Waals surface area contributed by atoms with Gasteiger partial charge in [0, 0.05) is 38.7 Å². The standard InChI is InChI=1S/C26H25N7O4/c1-15-3-6-20-22(11-15)31(10-9-30(20)2)26(37)19-14-33(29-28-19)17-4-5-18-16(12-17)13-32(25(18)36)21-7-8-23(34)27-24(21)35/h3-6,11-12,14,21H,7-10,13H2,1-2H3,(H,27,34,35). The Bertz CT molecular complexity index is 1480. The van der Waals surface area contributed by atoms with E-state index in [1.54, 1.807) is 23.2 Å². The zero-order valence-electron chi connectivity index (χ0n) is 20.5. The monoisotopic (exact) mass is 499 g/mol. The van der Waals surface area contributed by atoms with Gasteiger partial charge in [-0.3, -0.25) is 24.5 Å². The average molecular weight is 500 g/mol. The van der Waals surface area contributed by atoms with Crippen molar-refractivity contribution >= 4 is 35.0 Å². The van der Waals surface area contributed by atoms with Crippen molar-refractivity contribution < 1.29 is 19.2 Å². The molecule has 37 heavy (non-hydrogen) atoms. The molecule has 1 unspecified atom stereocenters.